The zero-order valence-electron chi connectivity index (χ0n) is 27.5. The van der Waals surface area contributed by atoms with Gasteiger partial charge in [-0.25, -0.2) is 9.59 Å². The normalized spacial score (nSPS) is 39.7. The highest BCUT2D eigenvalue weighted by Crippen LogP contribution is 2.83. The van der Waals surface area contributed by atoms with Gasteiger partial charge in [-0.2, -0.15) is 0 Å². The Balaban J connectivity index is 1.04. The van der Waals surface area contributed by atoms with Gasteiger partial charge in [-0.05, 0) is 72.9 Å². The van der Waals surface area contributed by atoms with Crippen LogP contribution >= 0.6 is 0 Å². The summed E-state index contributed by atoms with van der Waals surface area (Å²) in [5, 5.41) is 12.7. The molecule has 11 heteroatoms. The smallest absolute Gasteiger partial charge is 0.334 e. The Morgan fingerprint density at radius 1 is 1.06 bits per heavy atom. The highest BCUT2D eigenvalue weighted by atomic mass is 16.8. The summed E-state index contributed by atoms with van der Waals surface area (Å²) in [6.07, 6.45) is 0.475. The van der Waals surface area contributed by atoms with E-state index in [1.54, 1.807) is 12.1 Å². The van der Waals surface area contributed by atoms with Gasteiger partial charge in [0.25, 0.3) is 0 Å². The molecule has 5 fully saturated rings. The lowest BCUT2D eigenvalue weighted by molar-refractivity contribution is -0.168. The standard InChI is InChI=1S/C38H40N2O9/c1-19(2)36-29(48-36)30-38(49-30)35(3)14-13-23-24(18-45-32(23)43)25(35)17-28-37(38,47-28)34(36)46-33(44)27(16-21-9-11-22(41)12-10-21)40-31(42)26(39)15-20-7-5-4-6-8-20/h4-12,25-30,34,41H,1,13-18,39H2,2-3H3,(H,40,42)/t25-,26-,27-,28-,29-,30-,34+,35-,36-,37+,38+/m0/s1. The number of fused-ring (bicyclic) bond motifs is 4. The molecule has 0 bridgehead atoms. The van der Waals surface area contributed by atoms with Crippen LogP contribution in [0.4, 0.5) is 0 Å². The molecule has 0 radical (unpaired) electrons. The Labute approximate surface area is 283 Å². The number of cyclic esters (lactones) is 1. The van der Waals surface area contributed by atoms with E-state index in [-0.39, 0.29) is 49.0 Å². The van der Waals surface area contributed by atoms with Crippen molar-refractivity contribution in [3.8, 4) is 5.75 Å². The van der Waals surface area contributed by atoms with Crippen LogP contribution in [0.25, 0.3) is 0 Å². The predicted octanol–water partition coefficient (Wildman–Crippen LogP) is 2.58. The van der Waals surface area contributed by atoms with Crippen molar-refractivity contribution in [2.75, 3.05) is 6.61 Å². The Bertz CT molecular complexity index is 1830. The van der Waals surface area contributed by atoms with Crippen LogP contribution < -0.4 is 11.1 Å². The number of nitrogens with two attached hydrogens (primary N) is 1. The summed E-state index contributed by atoms with van der Waals surface area (Å²) in [6.45, 7) is 8.64. The van der Waals surface area contributed by atoms with Gasteiger partial charge in [-0.3, -0.25) is 4.79 Å². The summed E-state index contributed by atoms with van der Waals surface area (Å²) < 4.78 is 32.1. The first-order valence-electron chi connectivity index (χ1n) is 17.1. The molecule has 7 aliphatic rings. The molecule has 9 rings (SSSR count). The molecule has 0 unspecified atom stereocenters. The first-order chi connectivity index (χ1) is 23.5. The molecule has 4 aliphatic heterocycles. The first kappa shape index (κ1) is 31.0. The van der Waals surface area contributed by atoms with Crippen LogP contribution in [0.15, 0.2) is 77.9 Å². The van der Waals surface area contributed by atoms with Crippen LogP contribution in [0.1, 0.15) is 44.2 Å². The molecular formula is C38H40N2O9. The molecule has 2 saturated carbocycles. The van der Waals surface area contributed by atoms with Crippen LogP contribution in [-0.4, -0.2) is 82.9 Å². The van der Waals surface area contributed by atoms with Gasteiger partial charge in [0, 0.05) is 17.4 Å². The van der Waals surface area contributed by atoms with Crippen molar-refractivity contribution in [3.63, 3.8) is 0 Å². The fourth-order valence-electron chi connectivity index (χ4n) is 10.1. The number of carbonyl (C=O) groups excluding carboxylic acids is 3. The molecule has 0 aromatic heterocycles. The number of rotatable bonds is 9. The summed E-state index contributed by atoms with van der Waals surface area (Å²) >= 11 is 0. The third-order valence-electron chi connectivity index (χ3n) is 12.6. The van der Waals surface area contributed by atoms with E-state index in [9.17, 15) is 19.5 Å². The second-order valence-corrected chi connectivity index (χ2v) is 15.1. The third kappa shape index (κ3) is 4.07. The van der Waals surface area contributed by atoms with Gasteiger partial charge < -0.3 is 39.8 Å². The van der Waals surface area contributed by atoms with Crippen molar-refractivity contribution in [3.05, 3.63) is 89.0 Å². The second kappa shape index (κ2) is 10.3. The quantitative estimate of drug-likeness (QED) is 0.206. The summed E-state index contributed by atoms with van der Waals surface area (Å²) in [6, 6.07) is 13.9. The number of esters is 2. The van der Waals surface area contributed by atoms with Crippen molar-refractivity contribution in [1.29, 1.82) is 0 Å². The maximum Gasteiger partial charge on any atom is 0.334 e. The number of hydrogen-bond acceptors (Lipinski definition) is 10. The highest BCUT2D eigenvalue weighted by Gasteiger charge is 3.01. The van der Waals surface area contributed by atoms with Gasteiger partial charge in [0.05, 0.1) is 12.1 Å². The number of ether oxygens (including phenoxy) is 5. The highest BCUT2D eigenvalue weighted by molar-refractivity contribution is 5.92. The lowest BCUT2D eigenvalue weighted by atomic mass is 9.47. The number of epoxide rings is 3. The molecule has 11 atom stereocenters. The molecule has 11 nitrogen and oxygen atoms in total. The van der Waals surface area contributed by atoms with Gasteiger partial charge in [0.1, 0.15) is 36.2 Å². The minimum atomic E-state index is -1.10. The zero-order chi connectivity index (χ0) is 34.1. The number of amides is 1. The van der Waals surface area contributed by atoms with Gasteiger partial charge in [0.15, 0.2) is 17.3 Å². The first-order valence-corrected chi connectivity index (χ1v) is 17.1. The molecular weight excluding hydrogens is 628 g/mol. The Kier molecular flexibility index (Phi) is 6.49. The topological polar surface area (TPSA) is 166 Å². The second-order valence-electron chi connectivity index (χ2n) is 15.1. The number of carbonyl (C=O) groups is 3. The van der Waals surface area contributed by atoms with Crippen molar-refractivity contribution in [1.82, 2.24) is 5.32 Å². The van der Waals surface area contributed by atoms with Crippen molar-refractivity contribution < 1.29 is 43.2 Å². The van der Waals surface area contributed by atoms with Gasteiger partial charge >= 0.3 is 11.9 Å². The lowest BCUT2D eigenvalue weighted by Gasteiger charge is -2.53. The Morgan fingerprint density at radius 3 is 2.53 bits per heavy atom. The minimum Gasteiger partial charge on any atom is -0.508 e. The molecule has 4 heterocycles. The maximum atomic E-state index is 14.5. The van der Waals surface area contributed by atoms with E-state index in [4.69, 9.17) is 29.4 Å². The van der Waals surface area contributed by atoms with Crippen molar-refractivity contribution in [2.45, 2.75) is 99.3 Å². The monoisotopic (exact) mass is 668 g/mol. The van der Waals surface area contributed by atoms with E-state index in [1.165, 1.54) is 12.1 Å². The summed E-state index contributed by atoms with van der Waals surface area (Å²) in [5.41, 5.74) is 7.29. The molecule has 256 valence electrons. The van der Waals surface area contributed by atoms with Gasteiger partial charge in [0.2, 0.25) is 5.91 Å². The van der Waals surface area contributed by atoms with Crippen LogP contribution in [0, 0.1) is 11.3 Å². The molecule has 2 spiro atoms. The minimum absolute atomic E-state index is 0.0217. The number of phenols is 1. The van der Waals surface area contributed by atoms with Gasteiger partial charge in [-0.1, -0.05) is 56.0 Å². The van der Waals surface area contributed by atoms with E-state index >= 15 is 0 Å². The molecule has 2 aromatic carbocycles. The molecule has 1 amide bonds. The lowest BCUT2D eigenvalue weighted by Crippen LogP contribution is -2.69. The molecule has 49 heavy (non-hydrogen) atoms. The van der Waals surface area contributed by atoms with Crippen molar-refractivity contribution in [2.24, 2.45) is 17.1 Å². The molecule has 3 aliphatic carbocycles. The zero-order valence-corrected chi connectivity index (χ0v) is 27.5. The van der Waals surface area contributed by atoms with E-state index in [0.29, 0.717) is 36.8 Å². The summed E-state index contributed by atoms with van der Waals surface area (Å²) in [5.74, 6) is -1.27. The number of hydrogen-bond donors (Lipinski definition) is 3. The van der Waals surface area contributed by atoms with E-state index in [2.05, 4.69) is 18.8 Å². The Hall–Kier alpha value is -4.03. The molecule has 2 aromatic rings. The van der Waals surface area contributed by atoms with Crippen molar-refractivity contribution >= 4 is 17.8 Å². The maximum absolute atomic E-state index is 14.5. The fourth-order valence-corrected chi connectivity index (χ4v) is 10.1. The number of benzene rings is 2. The molecule has 4 N–H and O–H groups in total. The SMILES string of the molecule is C=C(C)[C@]12O[C@H]1[C@@H]1O[C@]13[C@]1(O[C@H]1C[C@H]1C4=C(CC[C@@]13C)C(=O)OC4)[C@@H]2OC(=O)[C@H](Cc1ccc(O)cc1)NC(=O)[C@@H](N)Cc1ccccc1. The van der Waals surface area contributed by atoms with Crippen LogP contribution in [0.5, 0.6) is 5.75 Å². The average Bonchev–Trinajstić information content (AvgIpc) is 4.00. The van der Waals surface area contributed by atoms with E-state index in [0.717, 1.165) is 16.7 Å². The average molecular weight is 669 g/mol. The largest absolute Gasteiger partial charge is 0.508 e. The molecule has 3 saturated heterocycles. The van der Waals surface area contributed by atoms with Crippen LogP contribution in [0.2, 0.25) is 0 Å². The number of nitrogens with one attached hydrogen (secondary N) is 1. The third-order valence-corrected chi connectivity index (χ3v) is 12.6. The van der Waals surface area contributed by atoms with Crippen LogP contribution in [0.3, 0.4) is 0 Å². The predicted molar refractivity (Wildman–Crippen MR) is 173 cm³/mol. The Morgan fingerprint density at radius 2 is 1.80 bits per heavy atom. The fraction of sp³-hybridized carbons (Fsp3) is 0.500. The number of phenolic OH excluding ortho intramolecular Hbond substituents is 1. The van der Waals surface area contributed by atoms with Gasteiger partial charge in [-0.15, -0.1) is 0 Å². The summed E-state index contributed by atoms with van der Waals surface area (Å²) in [4.78, 5) is 40.5. The van der Waals surface area contributed by atoms with Crippen LogP contribution in [-0.2, 0) is 50.9 Å². The van der Waals surface area contributed by atoms with E-state index in [1.807, 2.05) is 37.3 Å². The van der Waals surface area contributed by atoms with E-state index < -0.39 is 52.3 Å². The number of aromatic hydroxyl groups is 1. The summed E-state index contributed by atoms with van der Waals surface area (Å²) in [7, 11) is 0.